The normalized spacial score (nSPS) is 12.8. The maximum atomic E-state index is 5.87. The highest BCUT2D eigenvalue weighted by Gasteiger charge is 2.09. The molecule has 0 amide bonds. The van der Waals surface area contributed by atoms with Gasteiger partial charge in [0.15, 0.2) is 0 Å². The van der Waals surface area contributed by atoms with Crippen molar-refractivity contribution in [1.82, 2.24) is 0 Å². The van der Waals surface area contributed by atoms with Crippen LogP contribution < -0.4 is 5.73 Å². The quantitative estimate of drug-likeness (QED) is 0.867. The molecule has 1 aromatic carbocycles. The van der Waals surface area contributed by atoms with E-state index >= 15 is 0 Å². The van der Waals surface area contributed by atoms with Crippen LogP contribution in [0, 0.1) is 6.92 Å². The molecule has 84 valence electrons. The lowest BCUT2D eigenvalue weighted by molar-refractivity contribution is 0.838. The maximum absolute atomic E-state index is 5.87. The highest BCUT2D eigenvalue weighted by Crippen LogP contribution is 2.34. The van der Waals surface area contributed by atoms with Gasteiger partial charge in [-0.25, -0.2) is 0 Å². The van der Waals surface area contributed by atoms with E-state index in [9.17, 15) is 0 Å². The summed E-state index contributed by atoms with van der Waals surface area (Å²) in [5, 5.41) is 0. The Labute approximate surface area is 108 Å². The zero-order valence-electron chi connectivity index (χ0n) is 9.33. The van der Waals surface area contributed by atoms with Crippen LogP contribution in [0.1, 0.15) is 23.4 Å². The van der Waals surface area contributed by atoms with Crippen LogP contribution in [0.5, 0.6) is 0 Å². The molecule has 2 rings (SSSR count). The van der Waals surface area contributed by atoms with Crippen molar-refractivity contribution in [3.05, 3.63) is 45.2 Å². The molecule has 1 aromatic heterocycles. The van der Waals surface area contributed by atoms with E-state index in [0.29, 0.717) is 0 Å². The molecule has 16 heavy (non-hydrogen) atoms. The van der Waals surface area contributed by atoms with Gasteiger partial charge in [0.2, 0.25) is 0 Å². The standard InChI is InChI=1S/C13H14BrNS/c1-8-10(4-3-5-11(8)14)13-7-6-12(16-13)9(2)15/h3-7,9H,15H2,1-2H3. The van der Waals surface area contributed by atoms with Gasteiger partial charge in [-0.2, -0.15) is 0 Å². The average Bonchev–Trinajstić information content (AvgIpc) is 2.71. The number of halogens is 1. The van der Waals surface area contributed by atoms with Crippen LogP contribution in [0.25, 0.3) is 10.4 Å². The molecule has 2 aromatic rings. The van der Waals surface area contributed by atoms with Crippen molar-refractivity contribution in [2.45, 2.75) is 19.9 Å². The van der Waals surface area contributed by atoms with Crippen LogP contribution >= 0.6 is 27.3 Å². The van der Waals surface area contributed by atoms with Crippen LogP contribution in [0.15, 0.2) is 34.8 Å². The predicted molar refractivity (Wildman–Crippen MR) is 74.8 cm³/mol. The van der Waals surface area contributed by atoms with E-state index in [2.05, 4.69) is 53.2 Å². The molecule has 1 nitrogen and oxygen atoms in total. The topological polar surface area (TPSA) is 26.0 Å². The summed E-state index contributed by atoms with van der Waals surface area (Å²) in [6, 6.07) is 10.7. The monoisotopic (exact) mass is 295 g/mol. The molecular weight excluding hydrogens is 282 g/mol. The van der Waals surface area contributed by atoms with Crippen molar-refractivity contribution < 1.29 is 0 Å². The SMILES string of the molecule is Cc1c(Br)cccc1-c1ccc(C(C)N)s1. The number of hydrogen-bond donors (Lipinski definition) is 1. The lowest BCUT2D eigenvalue weighted by atomic mass is 10.1. The molecule has 3 heteroatoms. The van der Waals surface area contributed by atoms with Crippen molar-refractivity contribution >= 4 is 27.3 Å². The van der Waals surface area contributed by atoms with E-state index in [1.807, 2.05) is 6.92 Å². The third kappa shape index (κ3) is 2.21. The number of rotatable bonds is 2. The minimum absolute atomic E-state index is 0.117. The first-order valence-electron chi connectivity index (χ1n) is 5.20. The number of hydrogen-bond acceptors (Lipinski definition) is 2. The molecule has 1 atom stereocenters. The summed E-state index contributed by atoms with van der Waals surface area (Å²) in [6.45, 7) is 4.15. The second-order valence-electron chi connectivity index (χ2n) is 3.90. The summed E-state index contributed by atoms with van der Waals surface area (Å²) in [4.78, 5) is 2.51. The van der Waals surface area contributed by atoms with Crippen LogP contribution in [0.4, 0.5) is 0 Å². The van der Waals surface area contributed by atoms with Crippen molar-refractivity contribution in [3.8, 4) is 10.4 Å². The van der Waals surface area contributed by atoms with Crippen molar-refractivity contribution in [2.24, 2.45) is 5.73 Å². The zero-order chi connectivity index (χ0) is 11.7. The summed E-state index contributed by atoms with van der Waals surface area (Å²) in [5.74, 6) is 0. The first kappa shape index (κ1) is 11.8. The molecule has 0 radical (unpaired) electrons. The summed E-state index contributed by atoms with van der Waals surface area (Å²) in [6.07, 6.45) is 0. The van der Waals surface area contributed by atoms with Crippen LogP contribution in [-0.2, 0) is 0 Å². The van der Waals surface area contributed by atoms with E-state index in [1.54, 1.807) is 11.3 Å². The van der Waals surface area contributed by atoms with Gasteiger partial charge in [-0.05, 0) is 43.2 Å². The molecule has 0 bridgehead atoms. The van der Waals surface area contributed by atoms with E-state index in [-0.39, 0.29) is 6.04 Å². The number of thiophene rings is 1. The Hall–Kier alpha value is -0.640. The fourth-order valence-corrected chi connectivity index (χ4v) is 3.03. The number of nitrogens with two attached hydrogens (primary N) is 1. The van der Waals surface area contributed by atoms with Gasteiger partial charge in [-0.15, -0.1) is 11.3 Å². The Morgan fingerprint density at radius 3 is 2.62 bits per heavy atom. The highest BCUT2D eigenvalue weighted by molar-refractivity contribution is 9.10. The van der Waals surface area contributed by atoms with Crippen molar-refractivity contribution in [2.75, 3.05) is 0 Å². The maximum Gasteiger partial charge on any atom is 0.0361 e. The van der Waals surface area contributed by atoms with Crippen LogP contribution in [0.2, 0.25) is 0 Å². The van der Waals surface area contributed by atoms with Gasteiger partial charge in [0.05, 0.1) is 0 Å². The Balaban J connectivity index is 2.47. The zero-order valence-corrected chi connectivity index (χ0v) is 11.7. The molecule has 0 saturated carbocycles. The molecule has 0 aliphatic heterocycles. The second kappa shape index (κ2) is 4.70. The van der Waals surface area contributed by atoms with Crippen molar-refractivity contribution in [1.29, 1.82) is 0 Å². The molecule has 0 saturated heterocycles. The minimum Gasteiger partial charge on any atom is -0.324 e. The molecule has 0 fully saturated rings. The van der Waals surface area contributed by atoms with Gasteiger partial charge in [-0.3, -0.25) is 0 Å². The molecule has 1 heterocycles. The lowest BCUT2D eigenvalue weighted by Crippen LogP contribution is -2.01. The van der Waals surface area contributed by atoms with Crippen LogP contribution in [0.3, 0.4) is 0 Å². The summed E-state index contributed by atoms with van der Waals surface area (Å²) >= 11 is 5.33. The van der Waals surface area contributed by atoms with Gasteiger partial charge in [0, 0.05) is 20.3 Å². The fourth-order valence-electron chi connectivity index (χ4n) is 1.62. The summed E-state index contributed by atoms with van der Waals surface area (Å²) < 4.78 is 1.15. The Bertz CT molecular complexity index is 502. The minimum atomic E-state index is 0.117. The third-order valence-electron chi connectivity index (χ3n) is 2.61. The molecule has 0 aliphatic rings. The first-order chi connectivity index (χ1) is 7.59. The first-order valence-corrected chi connectivity index (χ1v) is 6.81. The third-order valence-corrected chi connectivity index (χ3v) is 4.79. The molecule has 2 N–H and O–H groups in total. The second-order valence-corrected chi connectivity index (χ2v) is 5.87. The highest BCUT2D eigenvalue weighted by atomic mass is 79.9. The Morgan fingerprint density at radius 2 is 2.00 bits per heavy atom. The Kier molecular flexibility index (Phi) is 3.47. The van der Waals surface area contributed by atoms with Gasteiger partial charge in [-0.1, -0.05) is 28.1 Å². The van der Waals surface area contributed by atoms with Gasteiger partial charge in [0.1, 0.15) is 0 Å². The lowest BCUT2D eigenvalue weighted by Gasteiger charge is -2.05. The smallest absolute Gasteiger partial charge is 0.0361 e. The van der Waals surface area contributed by atoms with Crippen molar-refractivity contribution in [3.63, 3.8) is 0 Å². The van der Waals surface area contributed by atoms with Gasteiger partial charge < -0.3 is 5.73 Å². The predicted octanol–water partition coefficient (Wildman–Crippen LogP) is 4.51. The van der Waals surface area contributed by atoms with Gasteiger partial charge >= 0.3 is 0 Å². The number of benzene rings is 1. The van der Waals surface area contributed by atoms with Crippen LogP contribution in [-0.4, -0.2) is 0 Å². The Morgan fingerprint density at radius 1 is 1.25 bits per heavy atom. The molecular formula is C13H14BrNS. The fraction of sp³-hybridized carbons (Fsp3) is 0.231. The van der Waals surface area contributed by atoms with E-state index in [4.69, 9.17) is 5.73 Å². The summed E-state index contributed by atoms with van der Waals surface area (Å²) in [5.41, 5.74) is 8.44. The molecule has 0 aliphatic carbocycles. The van der Waals surface area contributed by atoms with E-state index in [1.165, 1.54) is 20.9 Å². The van der Waals surface area contributed by atoms with E-state index < -0.39 is 0 Å². The van der Waals surface area contributed by atoms with E-state index in [0.717, 1.165) is 4.47 Å². The average molecular weight is 296 g/mol. The molecule has 0 spiro atoms. The van der Waals surface area contributed by atoms with Gasteiger partial charge in [0.25, 0.3) is 0 Å². The molecule has 1 unspecified atom stereocenters. The largest absolute Gasteiger partial charge is 0.324 e. The summed E-state index contributed by atoms with van der Waals surface area (Å²) in [7, 11) is 0.